The Kier molecular flexibility index (Phi) is 4.54. The van der Waals surface area contributed by atoms with Gasteiger partial charge in [-0.15, -0.1) is 0 Å². The predicted molar refractivity (Wildman–Crippen MR) is 95.2 cm³/mol. The maximum absolute atomic E-state index is 12.5. The molecule has 0 bridgehead atoms. The van der Waals surface area contributed by atoms with Crippen LogP contribution in [0.2, 0.25) is 0 Å². The van der Waals surface area contributed by atoms with Crippen molar-refractivity contribution in [3.8, 4) is 11.5 Å². The van der Waals surface area contributed by atoms with Crippen molar-refractivity contribution in [3.63, 3.8) is 0 Å². The molecule has 1 atom stereocenters. The zero-order valence-electron chi connectivity index (χ0n) is 14.0. The van der Waals surface area contributed by atoms with Crippen LogP contribution in [0.1, 0.15) is 36.7 Å². The van der Waals surface area contributed by atoms with Crippen LogP contribution in [-0.4, -0.2) is 27.6 Å². The van der Waals surface area contributed by atoms with E-state index in [2.05, 4.69) is 9.97 Å². The Bertz CT molecular complexity index is 1050. The average Bonchev–Trinajstić information content (AvgIpc) is 3.14. The van der Waals surface area contributed by atoms with E-state index in [1.54, 1.807) is 16.7 Å². The quantitative estimate of drug-likeness (QED) is 0.567. The molecule has 0 aliphatic heterocycles. The summed E-state index contributed by atoms with van der Waals surface area (Å²) in [6, 6.07) is 4.92. The van der Waals surface area contributed by atoms with Crippen LogP contribution < -0.4 is 5.56 Å². The summed E-state index contributed by atoms with van der Waals surface area (Å²) in [6.07, 6.45) is 2.29. The van der Waals surface area contributed by atoms with Crippen LogP contribution in [0.5, 0.6) is 0 Å². The van der Waals surface area contributed by atoms with Gasteiger partial charge in [0.25, 0.3) is 5.56 Å². The van der Waals surface area contributed by atoms with E-state index in [0.29, 0.717) is 17.1 Å². The highest BCUT2D eigenvalue weighted by Gasteiger charge is 2.21. The molecule has 3 aromatic heterocycles. The van der Waals surface area contributed by atoms with Gasteiger partial charge in [-0.1, -0.05) is 6.92 Å². The Morgan fingerprint density at radius 3 is 2.88 bits per heavy atom. The standard InChI is InChI=1S/C17H17N3O4S/c1-4-9(2)20-14-13(15(21)19-17(20)25)10(16(22)23-3)8-11(18-14)12-6-5-7-24-12/h5-9H,4H2,1-3H3,(H,19,21,25). The number of fused-ring (bicyclic) bond motifs is 1. The van der Waals surface area contributed by atoms with Crippen molar-refractivity contribution >= 4 is 29.2 Å². The largest absolute Gasteiger partial charge is 0.465 e. The first-order valence-corrected chi connectivity index (χ1v) is 8.20. The molecule has 0 aromatic carbocycles. The molecule has 0 amide bonds. The second-order valence-electron chi connectivity index (χ2n) is 5.61. The van der Waals surface area contributed by atoms with Crippen LogP contribution >= 0.6 is 12.2 Å². The Morgan fingerprint density at radius 1 is 1.52 bits per heavy atom. The van der Waals surface area contributed by atoms with Gasteiger partial charge in [0.05, 0.1) is 24.3 Å². The number of methoxy groups -OCH3 is 1. The van der Waals surface area contributed by atoms with Crippen molar-refractivity contribution in [2.45, 2.75) is 26.3 Å². The molecule has 1 unspecified atom stereocenters. The van der Waals surface area contributed by atoms with E-state index in [9.17, 15) is 9.59 Å². The number of esters is 1. The number of furan rings is 1. The summed E-state index contributed by atoms with van der Waals surface area (Å²) in [7, 11) is 1.26. The van der Waals surface area contributed by atoms with Gasteiger partial charge in [-0.05, 0) is 43.8 Å². The number of hydrogen-bond donors (Lipinski definition) is 1. The van der Waals surface area contributed by atoms with Gasteiger partial charge in [0.15, 0.2) is 10.5 Å². The second kappa shape index (κ2) is 6.64. The highest BCUT2D eigenvalue weighted by Crippen LogP contribution is 2.26. The van der Waals surface area contributed by atoms with Gasteiger partial charge >= 0.3 is 5.97 Å². The third kappa shape index (κ3) is 2.89. The number of nitrogens with zero attached hydrogens (tertiary/aromatic N) is 2. The van der Waals surface area contributed by atoms with Crippen LogP contribution in [0.15, 0.2) is 33.7 Å². The van der Waals surface area contributed by atoms with E-state index in [0.717, 1.165) is 6.42 Å². The molecule has 0 saturated heterocycles. The van der Waals surface area contributed by atoms with Crippen molar-refractivity contribution in [2.24, 2.45) is 0 Å². The minimum Gasteiger partial charge on any atom is -0.465 e. The van der Waals surface area contributed by atoms with E-state index in [4.69, 9.17) is 21.4 Å². The van der Waals surface area contributed by atoms with Crippen molar-refractivity contribution < 1.29 is 13.9 Å². The summed E-state index contributed by atoms with van der Waals surface area (Å²) in [6.45, 7) is 3.97. The van der Waals surface area contributed by atoms with Gasteiger partial charge in [0, 0.05) is 6.04 Å². The second-order valence-corrected chi connectivity index (χ2v) is 6.00. The van der Waals surface area contributed by atoms with E-state index >= 15 is 0 Å². The lowest BCUT2D eigenvalue weighted by atomic mass is 10.1. The first kappa shape index (κ1) is 17.1. The smallest absolute Gasteiger partial charge is 0.338 e. The number of carbonyl (C=O) groups excluding carboxylic acids is 1. The summed E-state index contributed by atoms with van der Waals surface area (Å²) in [5.41, 5.74) is 0.401. The molecule has 3 rings (SSSR count). The molecular formula is C17H17N3O4S. The van der Waals surface area contributed by atoms with E-state index in [1.165, 1.54) is 19.4 Å². The van der Waals surface area contributed by atoms with Crippen LogP contribution in [-0.2, 0) is 4.74 Å². The third-order valence-corrected chi connectivity index (χ3v) is 4.40. The van der Waals surface area contributed by atoms with E-state index in [-0.39, 0.29) is 21.8 Å². The maximum atomic E-state index is 12.5. The molecule has 130 valence electrons. The molecule has 0 saturated carbocycles. The lowest BCUT2D eigenvalue weighted by Crippen LogP contribution is -2.21. The summed E-state index contributed by atoms with van der Waals surface area (Å²) in [5, 5.41) is 0.149. The molecule has 1 N–H and O–H groups in total. The minimum atomic E-state index is -0.626. The van der Waals surface area contributed by atoms with Crippen molar-refractivity contribution in [1.82, 2.24) is 14.5 Å². The lowest BCUT2D eigenvalue weighted by molar-refractivity contribution is 0.0603. The number of carbonyl (C=O) groups is 1. The highest BCUT2D eigenvalue weighted by atomic mass is 32.1. The van der Waals surface area contributed by atoms with Gasteiger partial charge in [0.1, 0.15) is 11.3 Å². The monoisotopic (exact) mass is 359 g/mol. The minimum absolute atomic E-state index is 0.0169. The van der Waals surface area contributed by atoms with Crippen molar-refractivity contribution in [2.75, 3.05) is 7.11 Å². The van der Waals surface area contributed by atoms with Crippen molar-refractivity contribution in [1.29, 1.82) is 0 Å². The molecule has 7 nitrogen and oxygen atoms in total. The van der Waals surface area contributed by atoms with Crippen molar-refractivity contribution in [3.05, 3.63) is 45.2 Å². The van der Waals surface area contributed by atoms with Gasteiger partial charge in [-0.3, -0.25) is 14.3 Å². The van der Waals surface area contributed by atoms with E-state index < -0.39 is 11.5 Å². The molecule has 0 aliphatic carbocycles. The topological polar surface area (TPSA) is 90.1 Å². The van der Waals surface area contributed by atoms with Crippen LogP contribution in [0.4, 0.5) is 0 Å². The molecule has 25 heavy (non-hydrogen) atoms. The number of rotatable bonds is 4. The highest BCUT2D eigenvalue weighted by molar-refractivity contribution is 7.71. The fourth-order valence-corrected chi connectivity index (χ4v) is 3.02. The van der Waals surface area contributed by atoms with Gasteiger partial charge < -0.3 is 9.15 Å². The SMILES string of the molecule is CCC(C)n1c(=S)[nH]c(=O)c2c(C(=O)OC)cc(-c3ccco3)nc21. The summed E-state index contributed by atoms with van der Waals surface area (Å²) < 4.78 is 12.2. The maximum Gasteiger partial charge on any atom is 0.338 e. The van der Waals surface area contributed by atoms with Crippen LogP contribution in [0, 0.1) is 4.77 Å². The van der Waals surface area contributed by atoms with Gasteiger partial charge in [0.2, 0.25) is 0 Å². The molecule has 0 radical (unpaired) electrons. The number of H-pyrrole nitrogens is 1. The zero-order chi connectivity index (χ0) is 18.1. The van der Waals surface area contributed by atoms with E-state index in [1.807, 2.05) is 13.8 Å². The average molecular weight is 359 g/mol. The molecular weight excluding hydrogens is 342 g/mol. The first-order chi connectivity index (χ1) is 12.0. The van der Waals surface area contributed by atoms with Gasteiger partial charge in [-0.2, -0.15) is 0 Å². The first-order valence-electron chi connectivity index (χ1n) is 7.79. The summed E-state index contributed by atoms with van der Waals surface area (Å²) in [5.74, 6) is -0.146. The van der Waals surface area contributed by atoms with Gasteiger partial charge in [-0.25, -0.2) is 9.78 Å². The molecule has 0 fully saturated rings. The zero-order valence-corrected chi connectivity index (χ0v) is 14.8. The number of hydrogen-bond acceptors (Lipinski definition) is 6. The third-order valence-electron chi connectivity index (χ3n) is 4.11. The summed E-state index contributed by atoms with van der Waals surface area (Å²) in [4.78, 5) is 31.9. The van der Waals surface area contributed by atoms with Crippen LogP contribution in [0.3, 0.4) is 0 Å². The summed E-state index contributed by atoms with van der Waals surface area (Å²) >= 11 is 5.32. The fraction of sp³-hybridized carbons (Fsp3) is 0.294. The molecule has 8 heteroatoms. The molecule has 3 aromatic rings. The molecule has 0 aliphatic rings. The number of aromatic nitrogens is 3. The number of pyridine rings is 1. The number of aromatic amines is 1. The number of ether oxygens (including phenoxy) is 1. The lowest BCUT2D eigenvalue weighted by Gasteiger charge is -2.17. The fourth-order valence-electron chi connectivity index (χ4n) is 2.66. The Hall–Kier alpha value is -2.74. The molecule has 0 spiro atoms. The predicted octanol–water partition coefficient (Wildman–Crippen LogP) is 3.47. The Morgan fingerprint density at radius 2 is 2.28 bits per heavy atom. The normalized spacial score (nSPS) is 12.3. The number of nitrogens with one attached hydrogen (secondary N) is 1. The Balaban J connectivity index is 2.50. The molecule has 3 heterocycles. The van der Waals surface area contributed by atoms with Crippen LogP contribution in [0.25, 0.3) is 22.5 Å². The Labute approximate surface area is 148 Å².